The minimum absolute atomic E-state index is 0.206. The van der Waals surface area contributed by atoms with E-state index in [1.165, 1.54) is 11.3 Å². The van der Waals surface area contributed by atoms with Crippen molar-refractivity contribution < 1.29 is 5.11 Å². The van der Waals surface area contributed by atoms with Gasteiger partial charge < -0.3 is 9.67 Å². The Balaban J connectivity index is 2.29. The van der Waals surface area contributed by atoms with Crippen LogP contribution in [-0.4, -0.2) is 34.3 Å². The summed E-state index contributed by atoms with van der Waals surface area (Å²) in [5.74, 6) is 0. The van der Waals surface area contributed by atoms with Gasteiger partial charge in [-0.1, -0.05) is 20.8 Å². The van der Waals surface area contributed by atoms with Crippen molar-refractivity contribution >= 4 is 0 Å². The summed E-state index contributed by atoms with van der Waals surface area (Å²) < 4.78 is 2.29. The van der Waals surface area contributed by atoms with E-state index in [1.54, 1.807) is 0 Å². The van der Waals surface area contributed by atoms with Crippen LogP contribution in [0.2, 0.25) is 0 Å². The average molecular weight is 222 g/mol. The van der Waals surface area contributed by atoms with E-state index in [1.807, 2.05) is 0 Å². The molecule has 0 unspecified atom stereocenters. The first-order valence-electron chi connectivity index (χ1n) is 5.92. The topological polar surface area (TPSA) is 28.4 Å². The number of hydrogen-bond acceptors (Lipinski definition) is 2. The van der Waals surface area contributed by atoms with Crippen LogP contribution in [0.5, 0.6) is 0 Å². The summed E-state index contributed by atoms with van der Waals surface area (Å²) in [5, 5.41) is 9.30. The minimum Gasteiger partial charge on any atom is -0.395 e. The van der Waals surface area contributed by atoms with Crippen LogP contribution in [0.1, 0.15) is 32.0 Å². The van der Waals surface area contributed by atoms with E-state index in [0.717, 1.165) is 13.1 Å². The molecule has 0 aromatic carbocycles. The lowest BCUT2D eigenvalue weighted by atomic mass is 9.89. The van der Waals surface area contributed by atoms with Gasteiger partial charge >= 0.3 is 0 Å². The van der Waals surface area contributed by atoms with E-state index in [2.05, 4.69) is 49.5 Å². The number of aliphatic hydroxyl groups is 1. The molecule has 1 aliphatic heterocycles. The van der Waals surface area contributed by atoms with Gasteiger partial charge in [-0.15, -0.1) is 0 Å². The van der Waals surface area contributed by atoms with E-state index >= 15 is 0 Å². The Morgan fingerprint density at radius 3 is 2.69 bits per heavy atom. The van der Waals surface area contributed by atoms with E-state index in [0.29, 0.717) is 0 Å². The summed E-state index contributed by atoms with van der Waals surface area (Å²) in [7, 11) is 2.08. The molecule has 1 aliphatic rings. The van der Waals surface area contributed by atoms with Crippen molar-refractivity contribution in [2.45, 2.75) is 45.3 Å². The highest BCUT2D eigenvalue weighted by Gasteiger charge is 2.25. The molecule has 0 saturated carbocycles. The smallest absolute Gasteiger partial charge is 0.0604 e. The summed E-state index contributed by atoms with van der Waals surface area (Å²) in [6.45, 7) is 8.78. The zero-order valence-electron chi connectivity index (χ0n) is 10.7. The molecule has 0 saturated heterocycles. The second kappa shape index (κ2) is 3.90. The minimum atomic E-state index is 0.206. The van der Waals surface area contributed by atoms with Crippen molar-refractivity contribution in [2.24, 2.45) is 0 Å². The molecule has 0 aliphatic carbocycles. The lowest BCUT2D eigenvalue weighted by molar-refractivity contribution is 0.107. The molecule has 1 atom stereocenters. The Hall–Kier alpha value is -0.800. The van der Waals surface area contributed by atoms with Gasteiger partial charge in [0.05, 0.1) is 12.6 Å². The van der Waals surface area contributed by atoms with Crippen molar-refractivity contribution in [3.05, 3.63) is 23.5 Å². The molecule has 0 radical (unpaired) electrons. The number of hydrogen-bond donors (Lipinski definition) is 1. The Kier molecular flexibility index (Phi) is 2.84. The molecule has 90 valence electrons. The predicted octanol–water partition coefficient (Wildman–Crippen LogP) is 1.59. The number of nitrogens with zero attached hydrogens (tertiary/aromatic N) is 2. The van der Waals surface area contributed by atoms with Crippen LogP contribution in [0.15, 0.2) is 12.3 Å². The molecule has 0 amide bonds. The monoisotopic (exact) mass is 222 g/mol. The Labute approximate surface area is 97.7 Å². The highest BCUT2D eigenvalue weighted by Crippen LogP contribution is 2.27. The molecule has 2 rings (SSSR count). The van der Waals surface area contributed by atoms with Crippen molar-refractivity contribution in [1.29, 1.82) is 0 Å². The molecule has 1 aromatic heterocycles. The van der Waals surface area contributed by atoms with Crippen LogP contribution >= 0.6 is 0 Å². The van der Waals surface area contributed by atoms with Gasteiger partial charge in [0.25, 0.3) is 0 Å². The molecule has 0 bridgehead atoms. The molecular weight excluding hydrogens is 200 g/mol. The van der Waals surface area contributed by atoms with Crippen molar-refractivity contribution in [3.63, 3.8) is 0 Å². The van der Waals surface area contributed by atoms with Crippen LogP contribution in [0.3, 0.4) is 0 Å². The Bertz CT molecular complexity index is 376. The largest absolute Gasteiger partial charge is 0.395 e. The van der Waals surface area contributed by atoms with Gasteiger partial charge in [0.15, 0.2) is 0 Å². The van der Waals surface area contributed by atoms with Gasteiger partial charge in [-0.25, -0.2) is 0 Å². The molecular formula is C13H22N2O. The number of fused-ring (bicyclic) bond motifs is 1. The maximum Gasteiger partial charge on any atom is 0.0604 e. The number of likely N-dealkylation sites (N-methyl/N-ethyl adjacent to an activating group) is 1. The van der Waals surface area contributed by atoms with Gasteiger partial charge in [0.1, 0.15) is 0 Å². The summed E-state index contributed by atoms with van der Waals surface area (Å²) in [4.78, 5) is 2.22. The first kappa shape index (κ1) is 11.7. The SMILES string of the molecule is CN1Cc2cc(C(C)(C)C)cn2C[C@@H]1CO. The molecule has 0 fully saturated rings. The Morgan fingerprint density at radius 2 is 2.12 bits per heavy atom. The van der Waals surface area contributed by atoms with Gasteiger partial charge in [-0.05, 0) is 24.1 Å². The quantitative estimate of drug-likeness (QED) is 0.781. The second-order valence-corrected chi connectivity index (χ2v) is 5.87. The number of aromatic nitrogens is 1. The maximum atomic E-state index is 9.30. The lowest BCUT2D eigenvalue weighted by Crippen LogP contribution is -2.42. The highest BCUT2D eigenvalue weighted by atomic mass is 16.3. The average Bonchev–Trinajstić information content (AvgIpc) is 2.58. The third-order valence-corrected chi connectivity index (χ3v) is 3.50. The Morgan fingerprint density at radius 1 is 1.44 bits per heavy atom. The third-order valence-electron chi connectivity index (χ3n) is 3.50. The summed E-state index contributed by atoms with van der Waals surface area (Å²) in [6.07, 6.45) is 2.24. The normalized spacial score (nSPS) is 22.2. The van der Waals surface area contributed by atoms with Crippen LogP contribution in [-0.2, 0) is 18.5 Å². The third kappa shape index (κ3) is 2.02. The standard InChI is InChI=1S/C13H22N2O/c1-13(2,3)10-5-11-7-14(4)12(9-16)8-15(11)6-10/h5-6,12,16H,7-9H2,1-4H3/t12-/m1/s1. The number of aliphatic hydroxyl groups excluding tert-OH is 1. The van der Waals surface area contributed by atoms with Gasteiger partial charge in [-0.2, -0.15) is 0 Å². The summed E-state index contributed by atoms with van der Waals surface area (Å²) >= 11 is 0. The molecule has 2 heterocycles. The molecule has 3 nitrogen and oxygen atoms in total. The van der Waals surface area contributed by atoms with E-state index in [-0.39, 0.29) is 18.1 Å². The van der Waals surface area contributed by atoms with Gasteiger partial charge in [0, 0.05) is 25.0 Å². The molecule has 16 heavy (non-hydrogen) atoms. The molecule has 0 spiro atoms. The molecule has 3 heteroatoms. The second-order valence-electron chi connectivity index (χ2n) is 5.87. The van der Waals surface area contributed by atoms with Crippen LogP contribution in [0, 0.1) is 0 Å². The van der Waals surface area contributed by atoms with Crippen LogP contribution < -0.4 is 0 Å². The zero-order valence-corrected chi connectivity index (χ0v) is 10.7. The number of rotatable bonds is 1. The fraction of sp³-hybridized carbons (Fsp3) is 0.692. The maximum absolute atomic E-state index is 9.30. The van der Waals surface area contributed by atoms with Crippen molar-refractivity contribution in [3.8, 4) is 0 Å². The molecule has 1 aromatic rings. The van der Waals surface area contributed by atoms with Crippen LogP contribution in [0.25, 0.3) is 0 Å². The summed E-state index contributed by atoms with van der Waals surface area (Å²) in [6, 6.07) is 2.55. The zero-order chi connectivity index (χ0) is 11.9. The van der Waals surface area contributed by atoms with Gasteiger partial charge in [0.2, 0.25) is 0 Å². The van der Waals surface area contributed by atoms with E-state index in [4.69, 9.17) is 0 Å². The fourth-order valence-electron chi connectivity index (χ4n) is 2.22. The highest BCUT2D eigenvalue weighted by molar-refractivity contribution is 5.26. The summed E-state index contributed by atoms with van der Waals surface area (Å²) in [5.41, 5.74) is 2.95. The first-order chi connectivity index (χ1) is 7.41. The van der Waals surface area contributed by atoms with Gasteiger partial charge in [-0.3, -0.25) is 4.90 Å². The predicted molar refractivity (Wildman–Crippen MR) is 65.5 cm³/mol. The van der Waals surface area contributed by atoms with E-state index < -0.39 is 0 Å². The fourth-order valence-corrected chi connectivity index (χ4v) is 2.22. The van der Waals surface area contributed by atoms with Crippen molar-refractivity contribution in [2.75, 3.05) is 13.7 Å². The lowest BCUT2D eigenvalue weighted by Gasteiger charge is -2.32. The van der Waals surface area contributed by atoms with Crippen LogP contribution in [0.4, 0.5) is 0 Å². The van der Waals surface area contributed by atoms with E-state index in [9.17, 15) is 5.11 Å². The molecule has 1 N–H and O–H groups in total. The van der Waals surface area contributed by atoms with Crippen molar-refractivity contribution in [1.82, 2.24) is 9.47 Å². The first-order valence-corrected chi connectivity index (χ1v) is 5.92.